The van der Waals surface area contributed by atoms with Crippen LogP contribution >= 0.6 is 14.8 Å². The van der Waals surface area contributed by atoms with Crippen molar-refractivity contribution in [1.29, 1.82) is 0 Å². The van der Waals surface area contributed by atoms with Crippen LogP contribution < -0.4 is 4.90 Å². The van der Waals surface area contributed by atoms with Crippen LogP contribution in [0.3, 0.4) is 0 Å². The van der Waals surface area contributed by atoms with Crippen molar-refractivity contribution in [1.82, 2.24) is 0 Å². The maximum atomic E-state index is 11.6. The normalized spacial score (nSPS) is 11.7. The molecular weight excluding hydrogens is 302 g/mol. The molecule has 90 valence electrons. The Morgan fingerprint density at radius 3 is 2.18 bits per heavy atom. The molecule has 2 aromatic carbocycles. The first kappa shape index (κ1) is 12.4. The van der Waals surface area contributed by atoms with E-state index in [4.69, 9.17) is 0 Å². The molecule has 0 saturated heterocycles. The predicted molar refractivity (Wildman–Crippen MR) is 74.4 cm³/mol. The molecule has 0 unspecified atom stereocenters. The zero-order valence-corrected chi connectivity index (χ0v) is 11.9. The lowest BCUT2D eigenvalue weighted by atomic mass is 10.1. The molecule has 0 bridgehead atoms. The summed E-state index contributed by atoms with van der Waals surface area (Å²) in [6.07, 6.45) is 0. The molecule has 0 amide bonds. The Morgan fingerprint density at radius 2 is 1.59 bits per heavy atom. The SMILES string of the molecule is CN(C)c1cccc2c(S(=O)(=O)Br)cccc12. The first-order valence-electron chi connectivity index (χ1n) is 5.05. The van der Waals surface area contributed by atoms with E-state index in [1.165, 1.54) is 0 Å². The maximum Gasteiger partial charge on any atom is 0.238 e. The minimum absolute atomic E-state index is 0.304. The van der Waals surface area contributed by atoms with Gasteiger partial charge in [0.05, 0.1) is 19.7 Å². The van der Waals surface area contributed by atoms with Gasteiger partial charge in [-0.1, -0.05) is 24.3 Å². The third-order valence-corrected chi connectivity index (χ3v) is 4.53. The molecule has 2 rings (SSSR count). The number of nitrogens with zero attached hydrogens (tertiary/aromatic N) is 1. The summed E-state index contributed by atoms with van der Waals surface area (Å²) >= 11 is 2.73. The monoisotopic (exact) mass is 313 g/mol. The van der Waals surface area contributed by atoms with Crippen LogP contribution in [0.4, 0.5) is 5.69 Å². The lowest BCUT2D eigenvalue weighted by molar-refractivity contribution is 0.612. The van der Waals surface area contributed by atoms with Crippen LogP contribution in [0.5, 0.6) is 0 Å². The molecule has 0 aliphatic heterocycles. The Morgan fingerprint density at radius 1 is 1.00 bits per heavy atom. The van der Waals surface area contributed by atoms with Gasteiger partial charge < -0.3 is 4.90 Å². The van der Waals surface area contributed by atoms with Gasteiger partial charge in [-0.3, -0.25) is 0 Å². The number of hydrogen-bond donors (Lipinski definition) is 0. The molecule has 0 fully saturated rings. The molecule has 5 heteroatoms. The highest BCUT2D eigenvalue weighted by atomic mass is 79.9. The van der Waals surface area contributed by atoms with Gasteiger partial charge in [-0.2, -0.15) is 0 Å². The molecule has 17 heavy (non-hydrogen) atoms. The Kier molecular flexibility index (Phi) is 3.14. The van der Waals surface area contributed by atoms with E-state index in [-0.39, 0.29) is 0 Å². The number of hydrogen-bond acceptors (Lipinski definition) is 3. The van der Waals surface area contributed by atoms with Gasteiger partial charge in [0.25, 0.3) is 0 Å². The van der Waals surface area contributed by atoms with Crippen molar-refractivity contribution in [2.45, 2.75) is 4.90 Å². The van der Waals surface area contributed by atoms with Crippen LogP contribution in [0.25, 0.3) is 10.8 Å². The molecule has 3 nitrogen and oxygen atoms in total. The van der Waals surface area contributed by atoms with Gasteiger partial charge in [-0.05, 0) is 12.1 Å². The Labute approximate surface area is 108 Å². The van der Waals surface area contributed by atoms with Gasteiger partial charge in [0.1, 0.15) is 0 Å². The smallest absolute Gasteiger partial charge is 0.238 e. The molecule has 0 radical (unpaired) electrons. The lowest BCUT2D eigenvalue weighted by Gasteiger charge is -2.16. The summed E-state index contributed by atoms with van der Waals surface area (Å²) in [5.41, 5.74) is 1.00. The number of benzene rings is 2. The molecule has 0 N–H and O–H groups in total. The number of fused-ring (bicyclic) bond motifs is 1. The molecule has 0 aliphatic rings. The number of rotatable bonds is 2. The van der Waals surface area contributed by atoms with E-state index in [1.807, 2.05) is 43.3 Å². The fourth-order valence-corrected chi connectivity index (χ4v) is 3.40. The second kappa shape index (κ2) is 4.31. The average molecular weight is 314 g/mol. The standard InChI is InChI=1S/C12H12BrNO2S/c1-14(2)11-7-3-6-10-9(11)5-4-8-12(10)17(13,15)16/h3-8H,1-2H3. The molecular formula is C12H12BrNO2S. The van der Waals surface area contributed by atoms with Gasteiger partial charge in [0.2, 0.25) is 8.27 Å². The molecule has 0 spiro atoms. The molecule has 0 saturated carbocycles. The average Bonchev–Trinajstić information content (AvgIpc) is 2.26. The van der Waals surface area contributed by atoms with Gasteiger partial charge in [-0.15, -0.1) is 0 Å². The van der Waals surface area contributed by atoms with Crippen LogP contribution in [-0.4, -0.2) is 22.5 Å². The van der Waals surface area contributed by atoms with Gasteiger partial charge in [0, 0.05) is 30.6 Å². The number of halogens is 1. The van der Waals surface area contributed by atoms with Crippen molar-refractivity contribution in [3.8, 4) is 0 Å². The van der Waals surface area contributed by atoms with Crippen LogP contribution in [0.2, 0.25) is 0 Å². The first-order valence-corrected chi connectivity index (χ1v) is 8.37. The second-order valence-electron chi connectivity index (χ2n) is 3.96. The Hall–Kier alpha value is -1.07. The second-order valence-corrected chi connectivity index (χ2v) is 7.83. The molecule has 0 atom stereocenters. The molecule has 0 heterocycles. The fraction of sp³-hybridized carbons (Fsp3) is 0.167. The van der Waals surface area contributed by atoms with Crippen LogP contribution in [0, 0.1) is 0 Å². The van der Waals surface area contributed by atoms with E-state index in [0.717, 1.165) is 16.5 Å². The van der Waals surface area contributed by atoms with E-state index in [1.54, 1.807) is 12.1 Å². The summed E-state index contributed by atoms with van der Waals surface area (Å²) in [5.74, 6) is 0. The fourth-order valence-electron chi connectivity index (χ4n) is 1.87. The summed E-state index contributed by atoms with van der Waals surface area (Å²) in [6.45, 7) is 0. The number of anilines is 1. The zero-order valence-electron chi connectivity index (χ0n) is 9.51. The third-order valence-electron chi connectivity index (χ3n) is 2.60. The highest BCUT2D eigenvalue weighted by molar-refractivity contribution is 9.47. The minimum atomic E-state index is -3.38. The predicted octanol–water partition coefficient (Wildman–Crippen LogP) is 2.99. The maximum absolute atomic E-state index is 11.6. The minimum Gasteiger partial charge on any atom is -0.377 e. The molecule has 0 aliphatic carbocycles. The highest BCUT2D eigenvalue weighted by Crippen LogP contribution is 2.31. The summed E-state index contributed by atoms with van der Waals surface area (Å²) in [5, 5.41) is 1.66. The van der Waals surface area contributed by atoms with Crippen LogP contribution in [0.1, 0.15) is 0 Å². The zero-order chi connectivity index (χ0) is 12.6. The van der Waals surface area contributed by atoms with Crippen molar-refractivity contribution >= 4 is 39.5 Å². The Bertz CT molecular complexity index is 665. The lowest BCUT2D eigenvalue weighted by Crippen LogP contribution is -2.09. The van der Waals surface area contributed by atoms with Gasteiger partial charge in [-0.25, -0.2) is 8.42 Å². The van der Waals surface area contributed by atoms with Crippen LogP contribution in [0.15, 0.2) is 41.3 Å². The van der Waals surface area contributed by atoms with E-state index >= 15 is 0 Å². The van der Waals surface area contributed by atoms with Crippen molar-refractivity contribution < 1.29 is 8.42 Å². The summed E-state index contributed by atoms with van der Waals surface area (Å²) in [6, 6.07) is 10.9. The van der Waals surface area contributed by atoms with E-state index in [9.17, 15) is 8.42 Å². The van der Waals surface area contributed by atoms with E-state index in [2.05, 4.69) is 14.8 Å². The van der Waals surface area contributed by atoms with Gasteiger partial charge >= 0.3 is 0 Å². The molecule has 0 aromatic heterocycles. The van der Waals surface area contributed by atoms with Gasteiger partial charge in [0.15, 0.2) is 0 Å². The van der Waals surface area contributed by atoms with E-state index in [0.29, 0.717) is 4.90 Å². The largest absolute Gasteiger partial charge is 0.377 e. The summed E-state index contributed by atoms with van der Waals surface area (Å²) in [4.78, 5) is 2.27. The van der Waals surface area contributed by atoms with Crippen molar-refractivity contribution in [3.63, 3.8) is 0 Å². The van der Waals surface area contributed by atoms with E-state index < -0.39 is 8.27 Å². The summed E-state index contributed by atoms with van der Waals surface area (Å²) < 4.78 is 23.3. The quantitative estimate of drug-likeness (QED) is 0.800. The topological polar surface area (TPSA) is 37.4 Å². The summed E-state index contributed by atoms with van der Waals surface area (Å²) in [7, 11) is 0.491. The van der Waals surface area contributed by atoms with Crippen molar-refractivity contribution in [2.24, 2.45) is 0 Å². The third kappa shape index (κ3) is 2.30. The Balaban J connectivity index is 2.89. The molecule has 2 aromatic rings. The van der Waals surface area contributed by atoms with Crippen molar-refractivity contribution in [3.05, 3.63) is 36.4 Å². The van der Waals surface area contributed by atoms with Crippen LogP contribution in [-0.2, 0) is 8.27 Å². The van der Waals surface area contributed by atoms with Crippen molar-refractivity contribution in [2.75, 3.05) is 19.0 Å². The first-order chi connectivity index (χ1) is 7.91. The highest BCUT2D eigenvalue weighted by Gasteiger charge is 2.14.